The highest BCUT2D eigenvalue weighted by molar-refractivity contribution is 5.97. The second-order valence-electron chi connectivity index (χ2n) is 5.07. The summed E-state index contributed by atoms with van der Waals surface area (Å²) in [5.41, 5.74) is 3.06. The lowest BCUT2D eigenvalue weighted by atomic mass is 10.2. The van der Waals surface area contributed by atoms with Gasteiger partial charge in [0.2, 0.25) is 0 Å². The molecule has 0 saturated carbocycles. The molecule has 1 fully saturated rings. The SMILES string of the molecule is CC(C)c1ncc(NN)c(C(=O)NCC2COCCO2)n1. The Morgan fingerprint density at radius 3 is 2.95 bits per heavy atom. The number of nitrogens with zero attached hydrogens (tertiary/aromatic N) is 2. The molecule has 1 atom stereocenters. The largest absolute Gasteiger partial charge is 0.376 e. The van der Waals surface area contributed by atoms with Gasteiger partial charge in [0.05, 0.1) is 37.8 Å². The predicted octanol–water partition coefficient (Wildman–Crippen LogP) is 0.0308. The lowest BCUT2D eigenvalue weighted by molar-refractivity contribution is -0.0855. The van der Waals surface area contributed by atoms with Crippen molar-refractivity contribution in [3.8, 4) is 0 Å². The normalized spacial score (nSPS) is 18.6. The Balaban J connectivity index is 2.04. The number of hydrazine groups is 1. The fraction of sp³-hybridized carbons (Fsp3) is 0.615. The first kappa shape index (κ1) is 15.6. The average molecular weight is 295 g/mol. The van der Waals surface area contributed by atoms with Crippen molar-refractivity contribution >= 4 is 11.6 Å². The molecule has 1 aliphatic rings. The Hall–Kier alpha value is -1.77. The average Bonchev–Trinajstić information content (AvgIpc) is 2.52. The van der Waals surface area contributed by atoms with Gasteiger partial charge in [-0.3, -0.25) is 10.6 Å². The second kappa shape index (κ2) is 7.30. The van der Waals surface area contributed by atoms with Crippen LogP contribution in [-0.4, -0.2) is 48.3 Å². The summed E-state index contributed by atoms with van der Waals surface area (Å²) in [5.74, 6) is 5.80. The summed E-state index contributed by atoms with van der Waals surface area (Å²) in [7, 11) is 0. The van der Waals surface area contributed by atoms with Crippen molar-refractivity contribution in [1.82, 2.24) is 15.3 Å². The van der Waals surface area contributed by atoms with Gasteiger partial charge in [-0.2, -0.15) is 0 Å². The quantitative estimate of drug-likeness (QED) is 0.519. The molecule has 21 heavy (non-hydrogen) atoms. The van der Waals surface area contributed by atoms with Crippen LogP contribution in [0.1, 0.15) is 36.1 Å². The Bertz CT molecular complexity index is 489. The molecule has 0 bridgehead atoms. The van der Waals surface area contributed by atoms with E-state index in [1.807, 2.05) is 13.8 Å². The Labute approximate surface area is 123 Å². The van der Waals surface area contributed by atoms with E-state index in [-0.39, 0.29) is 23.6 Å². The van der Waals surface area contributed by atoms with Crippen LogP contribution in [0.25, 0.3) is 0 Å². The molecule has 1 aromatic rings. The number of amides is 1. The molecular weight excluding hydrogens is 274 g/mol. The third-order valence-electron chi connectivity index (χ3n) is 3.07. The second-order valence-corrected chi connectivity index (χ2v) is 5.07. The summed E-state index contributed by atoms with van der Waals surface area (Å²) >= 11 is 0. The Morgan fingerprint density at radius 2 is 2.33 bits per heavy atom. The fourth-order valence-corrected chi connectivity index (χ4v) is 1.90. The maximum absolute atomic E-state index is 12.2. The van der Waals surface area contributed by atoms with E-state index in [1.54, 1.807) is 0 Å². The van der Waals surface area contributed by atoms with Gasteiger partial charge in [0, 0.05) is 12.5 Å². The highest BCUT2D eigenvalue weighted by atomic mass is 16.6. The van der Waals surface area contributed by atoms with Gasteiger partial charge in [-0.25, -0.2) is 9.97 Å². The molecule has 2 rings (SSSR count). The fourth-order valence-electron chi connectivity index (χ4n) is 1.90. The van der Waals surface area contributed by atoms with E-state index in [9.17, 15) is 4.79 Å². The number of nitrogens with two attached hydrogens (primary N) is 1. The molecule has 0 spiro atoms. The summed E-state index contributed by atoms with van der Waals surface area (Å²) in [4.78, 5) is 20.7. The minimum absolute atomic E-state index is 0.124. The van der Waals surface area contributed by atoms with Gasteiger partial charge in [0.1, 0.15) is 5.82 Å². The first-order valence-corrected chi connectivity index (χ1v) is 6.93. The minimum Gasteiger partial charge on any atom is -0.376 e. The summed E-state index contributed by atoms with van der Waals surface area (Å²) in [6.45, 7) is 5.89. The Kier molecular flexibility index (Phi) is 5.43. The van der Waals surface area contributed by atoms with Gasteiger partial charge in [-0.1, -0.05) is 13.8 Å². The van der Waals surface area contributed by atoms with E-state index in [1.165, 1.54) is 6.20 Å². The molecule has 2 heterocycles. The van der Waals surface area contributed by atoms with Crippen molar-refractivity contribution in [3.05, 3.63) is 17.7 Å². The number of ether oxygens (including phenoxy) is 2. The van der Waals surface area contributed by atoms with Crippen LogP contribution in [0.4, 0.5) is 5.69 Å². The molecule has 0 aliphatic carbocycles. The highest BCUT2D eigenvalue weighted by Crippen LogP contribution is 2.15. The van der Waals surface area contributed by atoms with Crippen molar-refractivity contribution in [1.29, 1.82) is 0 Å². The van der Waals surface area contributed by atoms with Crippen LogP contribution in [0.3, 0.4) is 0 Å². The van der Waals surface area contributed by atoms with Gasteiger partial charge in [0.25, 0.3) is 5.91 Å². The minimum atomic E-state index is -0.318. The van der Waals surface area contributed by atoms with Crippen molar-refractivity contribution in [2.24, 2.45) is 5.84 Å². The molecule has 116 valence electrons. The predicted molar refractivity (Wildman–Crippen MR) is 76.8 cm³/mol. The first-order valence-electron chi connectivity index (χ1n) is 6.93. The zero-order valence-electron chi connectivity index (χ0n) is 12.3. The van der Waals surface area contributed by atoms with E-state index in [4.69, 9.17) is 15.3 Å². The maximum atomic E-state index is 12.2. The van der Waals surface area contributed by atoms with Gasteiger partial charge in [-0.15, -0.1) is 0 Å². The monoisotopic (exact) mass is 295 g/mol. The first-order chi connectivity index (χ1) is 10.1. The Morgan fingerprint density at radius 1 is 1.52 bits per heavy atom. The number of nitrogen functional groups attached to an aromatic ring is 1. The van der Waals surface area contributed by atoms with Gasteiger partial charge >= 0.3 is 0 Å². The summed E-state index contributed by atoms with van der Waals surface area (Å²) in [5, 5.41) is 2.78. The van der Waals surface area contributed by atoms with E-state index in [0.717, 1.165) is 0 Å². The van der Waals surface area contributed by atoms with Gasteiger partial charge in [-0.05, 0) is 0 Å². The van der Waals surface area contributed by atoms with E-state index >= 15 is 0 Å². The summed E-state index contributed by atoms with van der Waals surface area (Å²) in [6.07, 6.45) is 1.38. The number of carbonyl (C=O) groups is 1. The van der Waals surface area contributed by atoms with Crippen LogP contribution in [-0.2, 0) is 9.47 Å². The lowest BCUT2D eigenvalue weighted by Crippen LogP contribution is -2.40. The van der Waals surface area contributed by atoms with Crippen LogP contribution in [0, 0.1) is 0 Å². The third kappa shape index (κ3) is 4.10. The number of anilines is 1. The van der Waals surface area contributed by atoms with Gasteiger partial charge in [0.15, 0.2) is 5.69 Å². The third-order valence-corrected chi connectivity index (χ3v) is 3.07. The van der Waals surface area contributed by atoms with E-state index in [2.05, 4.69) is 20.7 Å². The molecule has 8 nitrogen and oxygen atoms in total. The van der Waals surface area contributed by atoms with Crippen molar-refractivity contribution < 1.29 is 14.3 Å². The topological polar surface area (TPSA) is 111 Å². The summed E-state index contributed by atoms with van der Waals surface area (Å²) in [6, 6.07) is 0. The molecule has 1 amide bonds. The molecule has 4 N–H and O–H groups in total. The zero-order valence-corrected chi connectivity index (χ0v) is 12.3. The molecule has 0 aromatic carbocycles. The number of hydrogen-bond acceptors (Lipinski definition) is 7. The molecule has 1 saturated heterocycles. The number of carbonyl (C=O) groups excluding carboxylic acids is 1. The van der Waals surface area contributed by atoms with Crippen LogP contribution in [0.5, 0.6) is 0 Å². The molecular formula is C13H21N5O3. The van der Waals surface area contributed by atoms with Crippen molar-refractivity contribution in [2.45, 2.75) is 25.9 Å². The molecule has 8 heteroatoms. The lowest BCUT2D eigenvalue weighted by Gasteiger charge is -2.23. The van der Waals surface area contributed by atoms with Crippen molar-refractivity contribution in [2.75, 3.05) is 31.8 Å². The van der Waals surface area contributed by atoms with Crippen LogP contribution in [0.15, 0.2) is 6.20 Å². The molecule has 1 aliphatic heterocycles. The number of nitrogens with one attached hydrogen (secondary N) is 2. The van der Waals surface area contributed by atoms with E-state index in [0.29, 0.717) is 37.9 Å². The number of rotatable bonds is 5. The van der Waals surface area contributed by atoms with Gasteiger partial charge < -0.3 is 20.2 Å². The molecule has 1 unspecified atom stereocenters. The van der Waals surface area contributed by atoms with Crippen molar-refractivity contribution in [3.63, 3.8) is 0 Å². The summed E-state index contributed by atoms with van der Waals surface area (Å²) < 4.78 is 10.8. The number of aromatic nitrogens is 2. The van der Waals surface area contributed by atoms with Crippen LogP contribution in [0.2, 0.25) is 0 Å². The highest BCUT2D eigenvalue weighted by Gasteiger charge is 2.19. The maximum Gasteiger partial charge on any atom is 0.272 e. The number of hydrogen-bond donors (Lipinski definition) is 3. The molecule has 0 radical (unpaired) electrons. The zero-order chi connectivity index (χ0) is 15.2. The van der Waals surface area contributed by atoms with Crippen LogP contribution >= 0.6 is 0 Å². The van der Waals surface area contributed by atoms with Crippen LogP contribution < -0.4 is 16.6 Å². The standard InChI is InChI=1S/C13H21N5O3/c1-8(2)12-15-6-10(18-14)11(17-12)13(19)16-5-9-7-20-3-4-21-9/h6,8-9,18H,3-5,7,14H2,1-2H3,(H,16,19). The smallest absolute Gasteiger partial charge is 0.272 e. The van der Waals surface area contributed by atoms with E-state index < -0.39 is 0 Å². The molecule has 1 aromatic heterocycles.